The lowest BCUT2D eigenvalue weighted by molar-refractivity contribution is 0.660. The number of nitrogens with one attached hydrogen (secondary N) is 1. The molecule has 6 heteroatoms. The average molecular weight is 357 g/mol. The Kier molecular flexibility index (Phi) is 4.15. The topological polar surface area (TPSA) is 55.6 Å². The molecule has 0 radical (unpaired) electrons. The third kappa shape index (κ3) is 2.47. The van der Waals surface area contributed by atoms with Crippen LogP contribution < -0.4 is 5.32 Å². The zero-order valence-corrected chi connectivity index (χ0v) is 12.9. The van der Waals surface area contributed by atoms with Crippen molar-refractivity contribution in [2.75, 3.05) is 12.4 Å². The van der Waals surface area contributed by atoms with Crippen molar-refractivity contribution in [3.63, 3.8) is 0 Å². The fourth-order valence-corrected chi connectivity index (χ4v) is 2.57. The first-order chi connectivity index (χ1) is 8.69. The van der Waals surface area contributed by atoms with Gasteiger partial charge in [-0.15, -0.1) is 0 Å². The van der Waals surface area contributed by atoms with E-state index in [2.05, 4.69) is 56.8 Å². The Morgan fingerprint density at radius 3 is 2.67 bits per heavy atom. The SMILES string of the molecule is CCc1nc(-c2cnn(CC)c2)nc(NC)c1I. The largest absolute Gasteiger partial charge is 0.372 e. The van der Waals surface area contributed by atoms with Crippen molar-refractivity contribution in [1.29, 1.82) is 0 Å². The summed E-state index contributed by atoms with van der Waals surface area (Å²) >= 11 is 2.28. The van der Waals surface area contributed by atoms with Crippen LogP contribution in [0.1, 0.15) is 19.5 Å². The van der Waals surface area contributed by atoms with Gasteiger partial charge >= 0.3 is 0 Å². The Bertz CT molecular complexity index is 524. The maximum atomic E-state index is 4.61. The molecule has 0 spiro atoms. The molecule has 0 saturated carbocycles. The minimum Gasteiger partial charge on any atom is -0.372 e. The molecule has 96 valence electrons. The van der Waals surface area contributed by atoms with Crippen molar-refractivity contribution in [1.82, 2.24) is 19.7 Å². The fourth-order valence-electron chi connectivity index (χ4n) is 1.67. The number of hydrogen-bond donors (Lipinski definition) is 1. The summed E-state index contributed by atoms with van der Waals surface area (Å²) in [7, 11) is 1.88. The molecular formula is C12H16IN5. The minimum absolute atomic E-state index is 0.733. The molecule has 0 bridgehead atoms. The standard InChI is InChI=1S/C12H16IN5/c1-4-9-10(13)12(14-3)17-11(16-9)8-6-15-18(5-2)7-8/h6-7H,4-5H2,1-3H3,(H,14,16,17). The van der Waals surface area contributed by atoms with E-state index in [0.29, 0.717) is 0 Å². The van der Waals surface area contributed by atoms with Crippen molar-refractivity contribution in [3.8, 4) is 11.4 Å². The van der Waals surface area contributed by atoms with Gasteiger partial charge in [0.1, 0.15) is 5.82 Å². The first-order valence-corrected chi connectivity index (χ1v) is 7.04. The Labute approximate surface area is 120 Å². The Hall–Kier alpha value is -1.18. The molecule has 0 unspecified atom stereocenters. The molecule has 0 aliphatic carbocycles. The Morgan fingerprint density at radius 1 is 1.33 bits per heavy atom. The molecule has 0 amide bonds. The van der Waals surface area contributed by atoms with Crippen LogP contribution in [0.15, 0.2) is 12.4 Å². The molecule has 0 fully saturated rings. The summed E-state index contributed by atoms with van der Waals surface area (Å²) in [6.07, 6.45) is 4.68. The molecule has 2 rings (SSSR count). The molecule has 0 aliphatic rings. The molecule has 1 N–H and O–H groups in total. The van der Waals surface area contributed by atoms with Gasteiger partial charge in [0.2, 0.25) is 0 Å². The number of anilines is 1. The lowest BCUT2D eigenvalue weighted by Crippen LogP contribution is -2.04. The Morgan fingerprint density at radius 2 is 2.11 bits per heavy atom. The van der Waals surface area contributed by atoms with Crippen LogP contribution in [0.5, 0.6) is 0 Å². The summed E-state index contributed by atoms with van der Waals surface area (Å²) in [4.78, 5) is 9.14. The van der Waals surface area contributed by atoms with E-state index in [1.165, 1.54) is 0 Å². The molecule has 18 heavy (non-hydrogen) atoms. The highest BCUT2D eigenvalue weighted by molar-refractivity contribution is 14.1. The second kappa shape index (κ2) is 5.64. The number of rotatable bonds is 4. The summed E-state index contributed by atoms with van der Waals surface area (Å²) in [5, 5.41) is 7.37. The van der Waals surface area contributed by atoms with Crippen molar-refractivity contribution >= 4 is 28.4 Å². The van der Waals surface area contributed by atoms with Gasteiger partial charge in [-0.2, -0.15) is 5.10 Å². The smallest absolute Gasteiger partial charge is 0.165 e. The maximum Gasteiger partial charge on any atom is 0.165 e. The van der Waals surface area contributed by atoms with E-state index in [9.17, 15) is 0 Å². The first-order valence-electron chi connectivity index (χ1n) is 5.96. The summed E-state index contributed by atoms with van der Waals surface area (Å²) in [5.41, 5.74) is 2.02. The molecule has 5 nitrogen and oxygen atoms in total. The van der Waals surface area contributed by atoms with Crippen LogP contribution in [0.4, 0.5) is 5.82 Å². The van der Waals surface area contributed by atoms with E-state index in [1.807, 2.05) is 24.1 Å². The fraction of sp³-hybridized carbons (Fsp3) is 0.417. The zero-order chi connectivity index (χ0) is 13.1. The summed E-state index contributed by atoms with van der Waals surface area (Å²) < 4.78 is 2.96. The van der Waals surface area contributed by atoms with Crippen molar-refractivity contribution in [2.24, 2.45) is 0 Å². The van der Waals surface area contributed by atoms with Gasteiger partial charge in [-0.1, -0.05) is 6.92 Å². The van der Waals surface area contributed by atoms with E-state index < -0.39 is 0 Å². The van der Waals surface area contributed by atoms with Gasteiger partial charge in [-0.25, -0.2) is 9.97 Å². The molecule has 0 atom stereocenters. The third-order valence-corrected chi connectivity index (χ3v) is 3.84. The molecule has 2 aromatic rings. The lowest BCUT2D eigenvalue weighted by atomic mass is 10.2. The van der Waals surface area contributed by atoms with E-state index in [4.69, 9.17) is 0 Å². The van der Waals surface area contributed by atoms with Gasteiger partial charge in [0.15, 0.2) is 5.82 Å². The van der Waals surface area contributed by atoms with Crippen LogP contribution in [0.3, 0.4) is 0 Å². The van der Waals surface area contributed by atoms with Crippen molar-refractivity contribution < 1.29 is 0 Å². The molecular weight excluding hydrogens is 341 g/mol. The monoisotopic (exact) mass is 357 g/mol. The highest BCUT2D eigenvalue weighted by atomic mass is 127. The van der Waals surface area contributed by atoms with E-state index in [1.54, 1.807) is 0 Å². The Balaban J connectivity index is 2.50. The second-order valence-electron chi connectivity index (χ2n) is 3.84. The molecule has 0 aliphatic heterocycles. The van der Waals surface area contributed by atoms with Crippen LogP contribution in [0.25, 0.3) is 11.4 Å². The first kappa shape index (κ1) is 13.3. The predicted molar refractivity (Wildman–Crippen MR) is 80.6 cm³/mol. The van der Waals surface area contributed by atoms with Crippen LogP contribution in [0.2, 0.25) is 0 Å². The normalized spacial score (nSPS) is 10.7. The molecule has 2 heterocycles. The number of hydrogen-bond acceptors (Lipinski definition) is 4. The average Bonchev–Trinajstić information content (AvgIpc) is 2.88. The van der Waals surface area contributed by atoms with Crippen LogP contribution in [-0.4, -0.2) is 26.8 Å². The van der Waals surface area contributed by atoms with Gasteiger partial charge in [-0.3, -0.25) is 4.68 Å². The molecule has 2 aromatic heterocycles. The number of aromatic nitrogens is 4. The second-order valence-corrected chi connectivity index (χ2v) is 4.92. The minimum atomic E-state index is 0.733. The maximum absolute atomic E-state index is 4.61. The van der Waals surface area contributed by atoms with Crippen molar-refractivity contribution in [3.05, 3.63) is 21.7 Å². The number of halogens is 1. The van der Waals surface area contributed by atoms with Crippen molar-refractivity contribution in [2.45, 2.75) is 26.8 Å². The van der Waals surface area contributed by atoms with Gasteiger partial charge in [0.25, 0.3) is 0 Å². The van der Waals surface area contributed by atoms with Gasteiger partial charge < -0.3 is 5.32 Å². The number of nitrogens with zero attached hydrogens (tertiary/aromatic N) is 4. The van der Waals surface area contributed by atoms with Gasteiger partial charge in [0, 0.05) is 19.8 Å². The van der Waals surface area contributed by atoms with Gasteiger partial charge in [0.05, 0.1) is 21.0 Å². The van der Waals surface area contributed by atoms with Crippen LogP contribution >= 0.6 is 22.6 Å². The van der Waals surface area contributed by atoms with Crippen LogP contribution in [0, 0.1) is 3.57 Å². The molecule has 0 aromatic carbocycles. The third-order valence-electron chi connectivity index (χ3n) is 2.71. The van der Waals surface area contributed by atoms with Crippen LogP contribution in [-0.2, 0) is 13.0 Å². The van der Waals surface area contributed by atoms with E-state index in [-0.39, 0.29) is 0 Å². The lowest BCUT2D eigenvalue weighted by Gasteiger charge is -2.08. The highest BCUT2D eigenvalue weighted by Crippen LogP contribution is 2.23. The van der Waals surface area contributed by atoms with Gasteiger partial charge in [-0.05, 0) is 35.9 Å². The summed E-state index contributed by atoms with van der Waals surface area (Å²) in [5.74, 6) is 1.61. The quantitative estimate of drug-likeness (QED) is 0.855. The summed E-state index contributed by atoms with van der Waals surface area (Å²) in [6, 6.07) is 0. The van der Waals surface area contributed by atoms with E-state index in [0.717, 1.165) is 39.4 Å². The number of aryl methyl sites for hydroxylation is 2. The zero-order valence-electron chi connectivity index (χ0n) is 10.7. The summed E-state index contributed by atoms with van der Waals surface area (Å²) in [6.45, 7) is 5.01. The highest BCUT2D eigenvalue weighted by Gasteiger charge is 2.12. The molecule has 0 saturated heterocycles. The van der Waals surface area contributed by atoms with E-state index >= 15 is 0 Å². The predicted octanol–water partition coefficient (Wildman–Crippen LogP) is 2.57.